The number of aliphatic hydroxyl groups excluding tert-OH is 3. The molecular weight excluding hydrogens is 941 g/mol. The Morgan fingerprint density at radius 3 is 2.18 bits per heavy atom. The largest absolute Gasteiger partial charge is 0.459 e. The average molecular weight is 1030 g/mol. The van der Waals surface area contributed by atoms with E-state index >= 15 is 0 Å². The first kappa shape index (κ1) is 59.1. The Hall–Kier alpha value is -2.74. The zero-order valence-electron chi connectivity index (χ0n) is 44.7. The summed E-state index contributed by atoms with van der Waals surface area (Å²) in [6, 6.07) is 5.61. The van der Waals surface area contributed by atoms with E-state index in [9.17, 15) is 38.7 Å². The average Bonchev–Trinajstić information content (AvgIpc) is 3.76. The number of carbonyl (C=O) groups excluding carboxylic acids is 1. The molecule has 4 heterocycles. The molecule has 0 saturated carbocycles. The standard InChI is InChI=1S/C50H86N6O14S/c1-16-39-50(10,62)43(58)33(6)55(14)26-29(2)24-48(8,61)45(31(4)42(32(5)46(60)68-39)69-40-25-49(9,65-15)44(59)34(7)67-40)70-47-41(57)38(23-30(3)66-47)54(13)22-21-36-28-56(52-51-36)27-35-17-19-37(20-18-35)71(63,64)53(11)12/h17-20,28-34,38-45,47,57-59,61-62H,16,21-27H2,1-15H3/t29-,30-,31+,32-,33-,34+,38+,39-,40+,41-,42+,43-,44+,45-,47+,48-,49-,50-/m1/s1. The van der Waals surface area contributed by atoms with E-state index < -0.39 is 112 Å². The summed E-state index contributed by atoms with van der Waals surface area (Å²) < 4.78 is 66.2. The van der Waals surface area contributed by atoms with Crippen LogP contribution in [-0.4, -0.2) is 208 Å². The number of nitrogens with zero attached hydrogens (tertiary/aromatic N) is 6. The number of hydrogen-bond donors (Lipinski definition) is 5. The number of cyclic esters (lactones) is 1. The number of likely N-dealkylation sites (N-methyl/N-ethyl adjacent to an activating group) is 2. The number of carbonyl (C=O) groups is 1. The summed E-state index contributed by atoms with van der Waals surface area (Å²) in [5, 5.41) is 68.3. The van der Waals surface area contributed by atoms with E-state index in [0.717, 1.165) is 11.3 Å². The Kier molecular flexibility index (Phi) is 19.9. The van der Waals surface area contributed by atoms with Crippen molar-refractivity contribution in [2.45, 2.75) is 203 Å². The lowest BCUT2D eigenvalue weighted by Crippen LogP contribution is -2.61. The van der Waals surface area contributed by atoms with Crippen molar-refractivity contribution in [1.82, 2.24) is 29.1 Å². The van der Waals surface area contributed by atoms with Crippen LogP contribution in [0.4, 0.5) is 0 Å². The van der Waals surface area contributed by atoms with E-state index in [1.165, 1.54) is 32.4 Å². The first-order valence-electron chi connectivity index (χ1n) is 25.1. The zero-order chi connectivity index (χ0) is 53.1. The molecule has 18 atom stereocenters. The molecular formula is C50H86N6O14S. The Morgan fingerprint density at radius 1 is 0.930 bits per heavy atom. The van der Waals surface area contributed by atoms with Crippen LogP contribution in [0.3, 0.4) is 0 Å². The third-order valence-electron chi connectivity index (χ3n) is 15.5. The number of esters is 1. The Morgan fingerprint density at radius 2 is 1.58 bits per heavy atom. The lowest BCUT2D eigenvalue weighted by Gasteiger charge is -2.49. The van der Waals surface area contributed by atoms with Gasteiger partial charge in [0, 0.05) is 71.3 Å². The normalized spacial score (nSPS) is 39.8. The monoisotopic (exact) mass is 1030 g/mol. The maximum absolute atomic E-state index is 14.5. The molecule has 71 heavy (non-hydrogen) atoms. The molecule has 5 N–H and O–H groups in total. The second-order valence-electron chi connectivity index (χ2n) is 21.8. The van der Waals surface area contributed by atoms with Gasteiger partial charge in [-0.3, -0.25) is 4.79 Å². The van der Waals surface area contributed by atoms with Gasteiger partial charge in [-0.15, -0.1) is 5.10 Å². The van der Waals surface area contributed by atoms with Crippen molar-refractivity contribution in [2.24, 2.45) is 17.8 Å². The van der Waals surface area contributed by atoms with Crippen molar-refractivity contribution in [2.75, 3.05) is 48.4 Å². The SMILES string of the molecule is CC[C@H]1OC(=O)[C@H](C)[C@@H](O[C@H]2C[C@@](C)(OC)[C@@H](O)[C@H](C)O2)[C@H](C)[C@@H](O[C@@H]2O[C@H](C)C[C@H](N(C)CCc3cn(Cc4ccc(S(=O)(=O)N(C)C)cc4)nn3)[C@H]2O)[C@](C)(O)C[C@@H](C)CN(C)[C@H](C)[C@@H](O)[C@]1(C)O. The molecule has 0 aliphatic carbocycles. The van der Waals surface area contributed by atoms with Crippen LogP contribution in [-0.2, 0) is 56.2 Å². The van der Waals surface area contributed by atoms with Crippen molar-refractivity contribution in [3.05, 3.63) is 41.7 Å². The fraction of sp³-hybridized carbons (Fsp3) is 0.820. The predicted octanol–water partition coefficient (Wildman–Crippen LogP) is 2.40. The fourth-order valence-electron chi connectivity index (χ4n) is 10.8. The molecule has 406 valence electrons. The number of hydrogen-bond acceptors (Lipinski definition) is 18. The molecule has 1 aromatic carbocycles. The third kappa shape index (κ3) is 13.8. The van der Waals surface area contributed by atoms with Gasteiger partial charge in [0.15, 0.2) is 12.6 Å². The van der Waals surface area contributed by atoms with E-state index in [-0.39, 0.29) is 36.2 Å². The van der Waals surface area contributed by atoms with E-state index in [0.29, 0.717) is 32.5 Å². The number of ether oxygens (including phenoxy) is 6. The van der Waals surface area contributed by atoms with E-state index in [4.69, 9.17) is 28.4 Å². The molecule has 0 spiro atoms. The van der Waals surface area contributed by atoms with Gasteiger partial charge in [-0.2, -0.15) is 0 Å². The molecule has 0 bridgehead atoms. The van der Waals surface area contributed by atoms with Crippen molar-refractivity contribution < 1.29 is 67.2 Å². The van der Waals surface area contributed by atoms with Crippen molar-refractivity contribution in [3.8, 4) is 0 Å². The summed E-state index contributed by atoms with van der Waals surface area (Å²) in [6.07, 6.45) is -6.92. The van der Waals surface area contributed by atoms with Gasteiger partial charge in [0.2, 0.25) is 10.0 Å². The van der Waals surface area contributed by atoms with Crippen LogP contribution < -0.4 is 0 Å². The van der Waals surface area contributed by atoms with E-state index in [1.54, 1.807) is 77.4 Å². The van der Waals surface area contributed by atoms with Gasteiger partial charge >= 0.3 is 5.97 Å². The number of aromatic nitrogens is 3. The van der Waals surface area contributed by atoms with Crippen LogP contribution in [0, 0.1) is 17.8 Å². The molecule has 0 unspecified atom stereocenters. The van der Waals surface area contributed by atoms with Gasteiger partial charge in [0.05, 0.1) is 58.7 Å². The highest BCUT2D eigenvalue weighted by Gasteiger charge is 2.53. The lowest BCUT2D eigenvalue weighted by atomic mass is 9.77. The fourth-order valence-corrected chi connectivity index (χ4v) is 11.7. The summed E-state index contributed by atoms with van der Waals surface area (Å²) >= 11 is 0. The smallest absolute Gasteiger partial charge is 0.311 e. The first-order chi connectivity index (χ1) is 33.0. The second-order valence-corrected chi connectivity index (χ2v) is 23.9. The highest BCUT2D eigenvalue weighted by molar-refractivity contribution is 7.89. The molecule has 3 aliphatic rings. The maximum atomic E-state index is 14.5. The number of aliphatic hydroxyl groups is 5. The van der Waals surface area contributed by atoms with E-state index in [2.05, 4.69) is 10.3 Å². The quantitative estimate of drug-likeness (QED) is 0.171. The molecule has 20 nitrogen and oxygen atoms in total. The molecule has 3 saturated heterocycles. The third-order valence-corrected chi connectivity index (χ3v) is 17.3. The minimum Gasteiger partial charge on any atom is -0.459 e. The predicted molar refractivity (Wildman–Crippen MR) is 263 cm³/mol. The maximum Gasteiger partial charge on any atom is 0.311 e. The number of sulfonamides is 1. The number of methoxy groups -OCH3 is 1. The van der Waals surface area contributed by atoms with Crippen LogP contribution in [0.1, 0.15) is 106 Å². The van der Waals surface area contributed by atoms with Crippen LogP contribution in [0.15, 0.2) is 35.4 Å². The van der Waals surface area contributed by atoms with E-state index in [1.807, 2.05) is 43.9 Å². The minimum absolute atomic E-state index is 0.0906. The summed E-state index contributed by atoms with van der Waals surface area (Å²) in [5.74, 6) is -2.83. The highest BCUT2D eigenvalue weighted by Crippen LogP contribution is 2.40. The van der Waals surface area contributed by atoms with Crippen molar-refractivity contribution in [3.63, 3.8) is 0 Å². The van der Waals surface area contributed by atoms with Gasteiger partial charge < -0.3 is 63.8 Å². The Balaban J connectivity index is 1.43. The molecule has 2 aromatic rings. The summed E-state index contributed by atoms with van der Waals surface area (Å²) in [4.78, 5) is 18.6. The van der Waals surface area contributed by atoms with Gasteiger partial charge in [-0.25, -0.2) is 17.4 Å². The minimum atomic E-state index is -3.55. The van der Waals surface area contributed by atoms with Gasteiger partial charge in [0.1, 0.15) is 30.0 Å². The Bertz CT molecular complexity index is 2130. The summed E-state index contributed by atoms with van der Waals surface area (Å²) in [7, 11) is 4.66. The summed E-state index contributed by atoms with van der Waals surface area (Å²) in [6.45, 7) is 18.7. The molecule has 3 aliphatic heterocycles. The Labute approximate surface area is 421 Å². The molecule has 0 radical (unpaired) electrons. The molecule has 21 heteroatoms. The number of rotatable bonds is 14. The van der Waals surface area contributed by atoms with Crippen LogP contribution in [0.5, 0.6) is 0 Å². The van der Waals surface area contributed by atoms with Crippen molar-refractivity contribution >= 4 is 16.0 Å². The zero-order valence-corrected chi connectivity index (χ0v) is 45.5. The molecule has 3 fully saturated rings. The lowest BCUT2D eigenvalue weighted by molar-refractivity contribution is -0.318. The molecule has 0 amide bonds. The van der Waals surface area contributed by atoms with Crippen LogP contribution in [0.25, 0.3) is 0 Å². The summed E-state index contributed by atoms with van der Waals surface area (Å²) in [5.41, 5.74) is -2.99. The van der Waals surface area contributed by atoms with Crippen molar-refractivity contribution in [1.29, 1.82) is 0 Å². The number of benzene rings is 1. The van der Waals surface area contributed by atoms with Gasteiger partial charge in [-0.05, 0) is 105 Å². The van der Waals surface area contributed by atoms with Gasteiger partial charge in [0.25, 0.3) is 0 Å². The highest BCUT2D eigenvalue weighted by atomic mass is 32.2. The molecule has 5 rings (SSSR count). The topological polar surface area (TPSA) is 248 Å². The van der Waals surface area contributed by atoms with Gasteiger partial charge in [-0.1, -0.05) is 38.1 Å². The van der Waals surface area contributed by atoms with Crippen LogP contribution >= 0.6 is 0 Å². The molecule has 1 aromatic heterocycles. The first-order valence-corrected chi connectivity index (χ1v) is 26.6. The van der Waals surface area contributed by atoms with Crippen LogP contribution in [0.2, 0.25) is 0 Å². The second kappa shape index (κ2) is 23.9.